The van der Waals surface area contributed by atoms with Crippen molar-refractivity contribution in [3.05, 3.63) is 35.9 Å². The average molecular weight is 359 g/mol. The molecule has 2 N–H and O–H groups in total. The molecular weight excluding hydrogens is 334 g/mol. The molecule has 0 aliphatic rings. The van der Waals surface area contributed by atoms with Gasteiger partial charge < -0.3 is 25.0 Å². The van der Waals surface area contributed by atoms with E-state index in [0.29, 0.717) is 23.1 Å². The van der Waals surface area contributed by atoms with E-state index < -0.39 is 0 Å². The minimum Gasteiger partial charge on any atom is -0.493 e. The van der Waals surface area contributed by atoms with Crippen LogP contribution in [0.15, 0.2) is 30.3 Å². The van der Waals surface area contributed by atoms with E-state index in [1.165, 1.54) is 0 Å². The number of rotatable bonds is 9. The van der Waals surface area contributed by atoms with Gasteiger partial charge in [-0.05, 0) is 43.9 Å². The van der Waals surface area contributed by atoms with E-state index in [4.69, 9.17) is 9.47 Å². The minimum absolute atomic E-state index is 0.181. The summed E-state index contributed by atoms with van der Waals surface area (Å²) in [7, 11) is 7.14. The highest BCUT2D eigenvalue weighted by Crippen LogP contribution is 2.27. The van der Waals surface area contributed by atoms with Crippen LogP contribution in [0.3, 0.4) is 0 Å². The summed E-state index contributed by atoms with van der Waals surface area (Å²) in [5, 5.41) is 14.0. The van der Waals surface area contributed by atoms with Crippen LogP contribution in [0.1, 0.15) is 5.56 Å². The quantitative estimate of drug-likeness (QED) is 0.704. The Morgan fingerprint density at radius 3 is 2.35 bits per heavy atom. The number of hydrogen-bond donors (Lipinski definition) is 2. The van der Waals surface area contributed by atoms with E-state index in [2.05, 4.69) is 25.7 Å². The van der Waals surface area contributed by atoms with Crippen molar-refractivity contribution < 1.29 is 14.3 Å². The van der Waals surface area contributed by atoms with Gasteiger partial charge in [0.1, 0.15) is 5.82 Å². The molecule has 0 radical (unpaired) electrons. The van der Waals surface area contributed by atoms with Crippen LogP contribution >= 0.6 is 0 Å². The number of ether oxygens (including phenoxy) is 2. The molecule has 0 aliphatic carbocycles. The number of hydrogen-bond acceptors (Lipinski definition) is 7. The number of anilines is 2. The number of methoxy groups -OCH3 is 2. The first-order chi connectivity index (χ1) is 12.5. The van der Waals surface area contributed by atoms with E-state index >= 15 is 0 Å². The molecular formula is C18H25N5O3. The summed E-state index contributed by atoms with van der Waals surface area (Å²) in [5.74, 6) is 2.11. The number of likely N-dealkylation sites (N-methyl/N-ethyl adjacent to an activating group) is 1. The molecule has 1 aromatic heterocycles. The van der Waals surface area contributed by atoms with Crippen molar-refractivity contribution >= 4 is 17.5 Å². The minimum atomic E-state index is -0.181. The molecule has 0 atom stereocenters. The summed E-state index contributed by atoms with van der Waals surface area (Å²) >= 11 is 0. The van der Waals surface area contributed by atoms with Crippen molar-refractivity contribution in [2.45, 2.75) is 6.42 Å². The lowest BCUT2D eigenvalue weighted by Gasteiger charge is -2.11. The Bertz CT molecular complexity index is 719. The van der Waals surface area contributed by atoms with E-state index in [1.54, 1.807) is 38.5 Å². The maximum absolute atomic E-state index is 12.2. The van der Waals surface area contributed by atoms with Gasteiger partial charge >= 0.3 is 0 Å². The number of benzene rings is 1. The van der Waals surface area contributed by atoms with Gasteiger partial charge in [0.15, 0.2) is 17.3 Å². The van der Waals surface area contributed by atoms with Gasteiger partial charge in [-0.1, -0.05) is 6.07 Å². The third kappa shape index (κ3) is 5.89. The molecule has 0 aliphatic heterocycles. The van der Waals surface area contributed by atoms with Crippen LogP contribution < -0.4 is 20.1 Å². The fourth-order valence-electron chi connectivity index (χ4n) is 2.26. The molecule has 140 valence electrons. The lowest BCUT2D eigenvalue weighted by molar-refractivity contribution is -0.115. The molecule has 8 nitrogen and oxygen atoms in total. The zero-order chi connectivity index (χ0) is 18.9. The third-order valence-corrected chi connectivity index (χ3v) is 3.61. The molecule has 0 bridgehead atoms. The van der Waals surface area contributed by atoms with Gasteiger partial charge in [0.2, 0.25) is 5.91 Å². The van der Waals surface area contributed by atoms with E-state index in [-0.39, 0.29) is 12.3 Å². The third-order valence-electron chi connectivity index (χ3n) is 3.61. The Labute approximate surface area is 153 Å². The first-order valence-electron chi connectivity index (χ1n) is 8.25. The van der Waals surface area contributed by atoms with Gasteiger partial charge in [-0.3, -0.25) is 4.79 Å². The van der Waals surface area contributed by atoms with Crippen LogP contribution in [-0.4, -0.2) is 62.4 Å². The normalized spacial score (nSPS) is 10.5. The van der Waals surface area contributed by atoms with Crippen LogP contribution in [0.2, 0.25) is 0 Å². The molecule has 2 aromatic rings. The molecule has 0 fully saturated rings. The zero-order valence-corrected chi connectivity index (χ0v) is 15.6. The van der Waals surface area contributed by atoms with Crippen LogP contribution in [0.5, 0.6) is 11.5 Å². The molecule has 8 heteroatoms. The second-order valence-electron chi connectivity index (χ2n) is 5.95. The van der Waals surface area contributed by atoms with Crippen molar-refractivity contribution in [1.29, 1.82) is 0 Å². The first-order valence-corrected chi connectivity index (χ1v) is 8.25. The predicted octanol–water partition coefficient (Wildman–Crippen LogP) is 1.65. The second kappa shape index (κ2) is 9.57. The predicted molar refractivity (Wildman–Crippen MR) is 101 cm³/mol. The maximum Gasteiger partial charge on any atom is 0.229 e. The van der Waals surface area contributed by atoms with Gasteiger partial charge in [-0.2, -0.15) is 0 Å². The SMILES string of the molecule is COc1ccc(CC(=O)Nc2ccc(NCCN(C)C)nn2)cc1OC. The van der Waals surface area contributed by atoms with Crippen LogP contribution in [0, 0.1) is 0 Å². The molecule has 0 saturated carbocycles. The number of carbonyl (C=O) groups is 1. The molecule has 26 heavy (non-hydrogen) atoms. The van der Waals surface area contributed by atoms with E-state index in [0.717, 1.165) is 18.7 Å². The van der Waals surface area contributed by atoms with Crippen molar-refractivity contribution in [2.75, 3.05) is 52.0 Å². The summed E-state index contributed by atoms with van der Waals surface area (Å²) < 4.78 is 10.4. The van der Waals surface area contributed by atoms with Crippen LogP contribution in [0.25, 0.3) is 0 Å². The molecule has 0 saturated heterocycles. The number of aromatic nitrogens is 2. The fraction of sp³-hybridized carbons (Fsp3) is 0.389. The monoisotopic (exact) mass is 359 g/mol. The molecule has 0 spiro atoms. The summed E-state index contributed by atoms with van der Waals surface area (Å²) in [5.41, 5.74) is 0.815. The smallest absolute Gasteiger partial charge is 0.229 e. The van der Waals surface area contributed by atoms with Crippen molar-refractivity contribution in [3.63, 3.8) is 0 Å². The Kier molecular flexibility index (Phi) is 7.16. The zero-order valence-electron chi connectivity index (χ0n) is 15.6. The van der Waals surface area contributed by atoms with Gasteiger partial charge in [0.25, 0.3) is 0 Å². The van der Waals surface area contributed by atoms with Crippen molar-refractivity contribution in [3.8, 4) is 11.5 Å². The van der Waals surface area contributed by atoms with Gasteiger partial charge in [0.05, 0.1) is 20.6 Å². The largest absolute Gasteiger partial charge is 0.493 e. The van der Waals surface area contributed by atoms with E-state index in [9.17, 15) is 4.79 Å². The Hall–Kier alpha value is -2.87. The summed E-state index contributed by atoms with van der Waals surface area (Å²) in [6.07, 6.45) is 0.199. The summed E-state index contributed by atoms with van der Waals surface area (Å²) in [6, 6.07) is 8.88. The van der Waals surface area contributed by atoms with Crippen molar-refractivity contribution in [1.82, 2.24) is 15.1 Å². The second-order valence-corrected chi connectivity index (χ2v) is 5.95. The van der Waals surface area contributed by atoms with Crippen molar-refractivity contribution in [2.24, 2.45) is 0 Å². The molecule has 1 amide bonds. The summed E-state index contributed by atoms with van der Waals surface area (Å²) in [4.78, 5) is 14.3. The number of nitrogens with zero attached hydrogens (tertiary/aromatic N) is 3. The lowest BCUT2D eigenvalue weighted by atomic mass is 10.1. The van der Waals surface area contributed by atoms with Crippen LogP contribution in [0.4, 0.5) is 11.6 Å². The Morgan fingerprint density at radius 2 is 1.73 bits per heavy atom. The van der Waals surface area contributed by atoms with Gasteiger partial charge in [-0.25, -0.2) is 0 Å². The Balaban J connectivity index is 1.89. The number of amides is 1. The highest BCUT2D eigenvalue weighted by Gasteiger charge is 2.09. The standard InChI is InChI=1S/C18H25N5O3/c1-23(2)10-9-19-16-7-8-17(22-21-16)20-18(24)12-13-5-6-14(25-3)15(11-13)26-4/h5-8,11H,9-10,12H2,1-4H3,(H,19,21)(H,20,22,24). The maximum atomic E-state index is 12.2. The molecule has 1 heterocycles. The fourth-order valence-corrected chi connectivity index (χ4v) is 2.26. The molecule has 2 rings (SSSR count). The Morgan fingerprint density at radius 1 is 1.04 bits per heavy atom. The van der Waals surface area contributed by atoms with Gasteiger partial charge in [0, 0.05) is 13.1 Å². The first kappa shape index (κ1) is 19.5. The topological polar surface area (TPSA) is 88.6 Å². The number of carbonyl (C=O) groups excluding carboxylic acids is 1. The lowest BCUT2D eigenvalue weighted by Crippen LogP contribution is -2.21. The molecule has 1 aromatic carbocycles. The summed E-state index contributed by atoms with van der Waals surface area (Å²) in [6.45, 7) is 1.66. The highest BCUT2D eigenvalue weighted by atomic mass is 16.5. The average Bonchev–Trinajstić information content (AvgIpc) is 2.62. The highest BCUT2D eigenvalue weighted by molar-refractivity contribution is 5.91. The van der Waals surface area contributed by atoms with Crippen LogP contribution in [-0.2, 0) is 11.2 Å². The number of nitrogens with one attached hydrogen (secondary N) is 2. The van der Waals surface area contributed by atoms with Gasteiger partial charge in [-0.15, -0.1) is 10.2 Å². The molecule has 0 unspecified atom stereocenters. The van der Waals surface area contributed by atoms with E-state index in [1.807, 2.05) is 20.2 Å².